The first kappa shape index (κ1) is 19.1. The molecule has 2 aliphatic rings. The third-order valence-electron chi connectivity index (χ3n) is 6.29. The molecule has 5 rings (SSSR count). The van der Waals surface area contributed by atoms with Gasteiger partial charge in [-0.25, -0.2) is 4.98 Å². The van der Waals surface area contributed by atoms with Gasteiger partial charge in [0.05, 0.1) is 18.3 Å². The summed E-state index contributed by atoms with van der Waals surface area (Å²) in [6, 6.07) is 18.6. The number of hydrogen-bond acceptors (Lipinski definition) is 4. The van der Waals surface area contributed by atoms with Crippen molar-refractivity contribution in [3.8, 4) is 5.75 Å². The molecule has 0 radical (unpaired) electrons. The Bertz CT molecular complexity index is 1080. The smallest absolute Gasteiger partial charge is 0.228 e. The molecule has 154 valence electrons. The maximum Gasteiger partial charge on any atom is 0.228 e. The average molecular weight is 402 g/mol. The summed E-state index contributed by atoms with van der Waals surface area (Å²) in [5, 5.41) is 1.09. The first-order chi connectivity index (χ1) is 14.8. The van der Waals surface area contributed by atoms with Crippen LogP contribution in [0.2, 0.25) is 0 Å². The van der Waals surface area contributed by atoms with Gasteiger partial charge >= 0.3 is 0 Å². The number of hydrogen-bond donors (Lipinski definition) is 0. The van der Waals surface area contributed by atoms with Crippen molar-refractivity contribution in [3.05, 3.63) is 77.2 Å². The fourth-order valence-corrected chi connectivity index (χ4v) is 4.74. The molecule has 0 N–H and O–H groups in total. The fraction of sp³-hybridized carbons (Fsp3) is 0.346. The lowest BCUT2D eigenvalue weighted by Gasteiger charge is -2.34. The van der Waals surface area contributed by atoms with Crippen molar-refractivity contribution >= 4 is 16.5 Å². The average Bonchev–Trinajstić information content (AvgIpc) is 2.82. The Morgan fingerprint density at radius 3 is 2.43 bits per heavy atom. The van der Waals surface area contributed by atoms with E-state index in [1.807, 2.05) is 24.3 Å². The van der Waals surface area contributed by atoms with E-state index in [-0.39, 0.29) is 0 Å². The van der Waals surface area contributed by atoms with E-state index in [1.165, 1.54) is 19.3 Å². The van der Waals surface area contributed by atoms with Crippen LogP contribution in [-0.4, -0.2) is 19.2 Å². The quantitative estimate of drug-likeness (QED) is 0.517. The van der Waals surface area contributed by atoms with Crippen LogP contribution in [-0.2, 0) is 9.47 Å². The number of para-hydroxylation sites is 1. The summed E-state index contributed by atoms with van der Waals surface area (Å²) in [4.78, 5) is 5.11. The summed E-state index contributed by atoms with van der Waals surface area (Å²) in [5.74, 6) is 2.27. The third-order valence-corrected chi connectivity index (χ3v) is 6.29. The van der Waals surface area contributed by atoms with Crippen molar-refractivity contribution in [2.75, 3.05) is 14.2 Å². The molecule has 1 aliphatic heterocycles. The summed E-state index contributed by atoms with van der Waals surface area (Å²) in [6.07, 6.45) is 5.64. The second kappa shape index (κ2) is 8.11. The van der Waals surface area contributed by atoms with Crippen LogP contribution < -0.4 is 4.74 Å². The van der Waals surface area contributed by atoms with Gasteiger partial charge in [0.2, 0.25) is 6.29 Å². The molecular formula is C26H27NO3. The molecule has 1 atom stereocenters. The molecule has 0 saturated heterocycles. The highest BCUT2D eigenvalue weighted by molar-refractivity contribution is 5.88. The summed E-state index contributed by atoms with van der Waals surface area (Å²) < 4.78 is 17.7. The molecule has 1 aliphatic carbocycles. The van der Waals surface area contributed by atoms with Crippen molar-refractivity contribution in [2.24, 2.45) is 5.92 Å². The third kappa shape index (κ3) is 3.35. The molecule has 1 unspecified atom stereocenters. The van der Waals surface area contributed by atoms with Crippen molar-refractivity contribution in [2.45, 2.75) is 38.4 Å². The number of rotatable bonds is 4. The lowest BCUT2D eigenvalue weighted by molar-refractivity contribution is -0.109. The van der Waals surface area contributed by atoms with E-state index in [0.717, 1.165) is 57.6 Å². The second-order valence-corrected chi connectivity index (χ2v) is 8.11. The highest BCUT2D eigenvalue weighted by Crippen LogP contribution is 2.46. The number of nitrogens with zero attached hydrogens (tertiary/aromatic N) is 1. The molecule has 30 heavy (non-hydrogen) atoms. The number of fused-ring (bicyclic) bond motifs is 2. The molecule has 0 bridgehead atoms. The van der Waals surface area contributed by atoms with Crippen LogP contribution >= 0.6 is 0 Å². The van der Waals surface area contributed by atoms with Crippen LogP contribution in [0.5, 0.6) is 5.75 Å². The SMILES string of the molecule is COc1ccc(C2=C(C3CCCCC3)OC(OC)c3cc4ccccc4nc32)cc1. The molecule has 0 spiro atoms. The van der Waals surface area contributed by atoms with Gasteiger partial charge < -0.3 is 14.2 Å². The Hall–Kier alpha value is -2.85. The van der Waals surface area contributed by atoms with Crippen molar-refractivity contribution < 1.29 is 14.2 Å². The molecule has 4 nitrogen and oxygen atoms in total. The number of benzene rings is 2. The monoisotopic (exact) mass is 401 g/mol. The largest absolute Gasteiger partial charge is 0.497 e. The maximum absolute atomic E-state index is 6.56. The van der Waals surface area contributed by atoms with Crippen LogP contribution in [0.4, 0.5) is 0 Å². The van der Waals surface area contributed by atoms with Gasteiger partial charge in [0.15, 0.2) is 0 Å². The van der Waals surface area contributed by atoms with Crippen molar-refractivity contribution in [1.82, 2.24) is 4.98 Å². The Morgan fingerprint density at radius 2 is 1.70 bits per heavy atom. The van der Waals surface area contributed by atoms with Gasteiger partial charge in [-0.1, -0.05) is 49.6 Å². The summed E-state index contributed by atoms with van der Waals surface area (Å²) in [5.41, 5.74) is 5.15. The van der Waals surface area contributed by atoms with E-state index in [9.17, 15) is 0 Å². The van der Waals surface area contributed by atoms with Crippen molar-refractivity contribution in [1.29, 1.82) is 0 Å². The molecule has 4 heteroatoms. The Morgan fingerprint density at radius 1 is 0.933 bits per heavy atom. The van der Waals surface area contributed by atoms with E-state index >= 15 is 0 Å². The highest BCUT2D eigenvalue weighted by atomic mass is 16.7. The summed E-state index contributed by atoms with van der Waals surface area (Å²) in [6.45, 7) is 0. The number of aromatic nitrogens is 1. The zero-order valence-corrected chi connectivity index (χ0v) is 17.6. The van der Waals surface area contributed by atoms with Crippen LogP contribution in [0.1, 0.15) is 55.2 Å². The number of allylic oxidation sites excluding steroid dienone is 1. The van der Waals surface area contributed by atoms with Crippen LogP contribution in [0.15, 0.2) is 60.4 Å². The normalized spacial score (nSPS) is 19.5. The standard InChI is InChI=1S/C26H27NO3/c1-28-20-14-12-17(13-15-20)23-24-21(16-19-10-6-7-11-22(19)27-24)26(29-2)30-25(23)18-8-4-3-5-9-18/h6-7,10-16,18,26H,3-5,8-9H2,1-2H3. The van der Waals surface area contributed by atoms with Crippen LogP contribution in [0, 0.1) is 5.92 Å². The second-order valence-electron chi connectivity index (χ2n) is 8.11. The number of pyridine rings is 1. The molecule has 2 aromatic carbocycles. The highest BCUT2D eigenvalue weighted by Gasteiger charge is 2.34. The zero-order chi connectivity index (χ0) is 20.5. The van der Waals surface area contributed by atoms with Gasteiger partial charge in [-0.15, -0.1) is 0 Å². The van der Waals surface area contributed by atoms with Gasteiger partial charge in [-0.05, 0) is 42.7 Å². The molecule has 3 aromatic rings. The Balaban J connectivity index is 1.75. The first-order valence-electron chi connectivity index (χ1n) is 10.8. The lowest BCUT2D eigenvalue weighted by Crippen LogP contribution is -2.23. The van der Waals surface area contributed by atoms with E-state index in [0.29, 0.717) is 5.92 Å². The summed E-state index contributed by atoms with van der Waals surface area (Å²) in [7, 11) is 3.40. The maximum atomic E-state index is 6.56. The predicted molar refractivity (Wildman–Crippen MR) is 118 cm³/mol. The van der Waals surface area contributed by atoms with Crippen molar-refractivity contribution in [3.63, 3.8) is 0 Å². The summed E-state index contributed by atoms with van der Waals surface area (Å²) >= 11 is 0. The Labute approximate surface area is 177 Å². The van der Waals surface area contributed by atoms with E-state index in [2.05, 4.69) is 30.3 Å². The van der Waals surface area contributed by atoms with Gasteiger partial charge in [0.25, 0.3) is 0 Å². The lowest BCUT2D eigenvalue weighted by atomic mass is 9.82. The van der Waals surface area contributed by atoms with E-state index < -0.39 is 6.29 Å². The molecular weight excluding hydrogens is 374 g/mol. The topological polar surface area (TPSA) is 40.6 Å². The molecule has 0 amide bonds. The van der Waals surface area contributed by atoms with Crippen LogP contribution in [0.3, 0.4) is 0 Å². The van der Waals surface area contributed by atoms with E-state index in [1.54, 1.807) is 14.2 Å². The van der Waals surface area contributed by atoms with E-state index in [4.69, 9.17) is 19.2 Å². The first-order valence-corrected chi connectivity index (χ1v) is 10.8. The molecule has 1 fully saturated rings. The zero-order valence-electron chi connectivity index (χ0n) is 17.6. The molecule has 1 saturated carbocycles. The number of ether oxygens (including phenoxy) is 3. The van der Waals surface area contributed by atoms with Gasteiger partial charge in [-0.2, -0.15) is 0 Å². The number of methoxy groups -OCH3 is 2. The van der Waals surface area contributed by atoms with Gasteiger partial charge in [0, 0.05) is 29.6 Å². The van der Waals surface area contributed by atoms with Gasteiger partial charge in [0.1, 0.15) is 11.5 Å². The minimum Gasteiger partial charge on any atom is -0.497 e. The minimum absolute atomic E-state index is 0.398. The fourth-order valence-electron chi connectivity index (χ4n) is 4.74. The molecule has 2 heterocycles. The minimum atomic E-state index is -0.434. The molecule has 1 aromatic heterocycles. The Kier molecular flexibility index (Phi) is 5.17. The van der Waals surface area contributed by atoms with Gasteiger partial charge in [-0.3, -0.25) is 0 Å². The predicted octanol–water partition coefficient (Wildman–Crippen LogP) is 6.26. The van der Waals surface area contributed by atoms with Crippen LogP contribution in [0.25, 0.3) is 16.5 Å².